The lowest BCUT2D eigenvalue weighted by molar-refractivity contribution is 0.428. The minimum absolute atomic E-state index is 0.244. The number of hydrogen-bond donors (Lipinski definition) is 1. The van der Waals surface area contributed by atoms with E-state index in [0.717, 1.165) is 12.8 Å². The van der Waals surface area contributed by atoms with Gasteiger partial charge in [0.2, 0.25) is 0 Å². The van der Waals surface area contributed by atoms with Gasteiger partial charge in [0.15, 0.2) is 0 Å². The van der Waals surface area contributed by atoms with Gasteiger partial charge < -0.3 is 5.73 Å². The summed E-state index contributed by atoms with van der Waals surface area (Å²) in [5.41, 5.74) is 9.59. The lowest BCUT2D eigenvalue weighted by Crippen LogP contribution is -2.29. The highest BCUT2D eigenvalue weighted by Gasteiger charge is 2.22. The number of hydrogen-bond acceptors (Lipinski definition) is 1. The van der Waals surface area contributed by atoms with Crippen molar-refractivity contribution in [2.45, 2.75) is 102 Å². The van der Waals surface area contributed by atoms with E-state index in [4.69, 9.17) is 5.73 Å². The van der Waals surface area contributed by atoms with E-state index in [1.54, 1.807) is 0 Å². The van der Waals surface area contributed by atoms with Crippen LogP contribution in [0, 0.1) is 0 Å². The van der Waals surface area contributed by atoms with Gasteiger partial charge in [0, 0.05) is 6.04 Å². The Bertz CT molecular complexity index is 621. The van der Waals surface area contributed by atoms with Gasteiger partial charge in [-0.15, -0.1) is 0 Å². The zero-order valence-corrected chi connectivity index (χ0v) is 18.9. The highest BCUT2D eigenvalue weighted by atomic mass is 14.6. The van der Waals surface area contributed by atoms with E-state index in [9.17, 15) is 0 Å². The summed E-state index contributed by atoms with van der Waals surface area (Å²) in [6, 6.07) is 22.1. The summed E-state index contributed by atoms with van der Waals surface area (Å²) in [5.74, 6) is 0.955. The molecule has 2 aromatic rings. The van der Waals surface area contributed by atoms with Gasteiger partial charge in [0.25, 0.3) is 0 Å². The minimum atomic E-state index is 0.244. The first kappa shape index (κ1) is 23.7. The smallest absolute Gasteiger partial charge is 0.0108 e. The number of rotatable bonds is 15. The Morgan fingerprint density at radius 1 is 0.655 bits per heavy atom. The molecule has 0 bridgehead atoms. The molecule has 160 valence electrons. The van der Waals surface area contributed by atoms with Crippen molar-refractivity contribution in [3.05, 3.63) is 71.8 Å². The molecule has 0 aromatic heterocycles. The van der Waals surface area contributed by atoms with Crippen molar-refractivity contribution in [1.82, 2.24) is 0 Å². The van der Waals surface area contributed by atoms with Gasteiger partial charge in [-0.3, -0.25) is 0 Å². The molecule has 2 rings (SSSR count). The quantitative estimate of drug-likeness (QED) is 0.303. The van der Waals surface area contributed by atoms with E-state index in [1.165, 1.54) is 68.9 Å². The first-order valence-corrected chi connectivity index (χ1v) is 12.1. The molecule has 0 aliphatic rings. The topological polar surface area (TPSA) is 26.0 Å². The molecule has 29 heavy (non-hydrogen) atoms. The summed E-state index contributed by atoms with van der Waals surface area (Å²) in [6.45, 7) is 4.63. The number of nitrogens with two attached hydrogens (primary N) is 1. The predicted octanol–water partition coefficient (Wildman–Crippen LogP) is 8.21. The molecule has 0 aliphatic carbocycles. The Labute approximate surface area is 180 Å². The van der Waals surface area contributed by atoms with Crippen LogP contribution in [-0.4, -0.2) is 6.04 Å². The van der Waals surface area contributed by atoms with Crippen LogP contribution in [0.15, 0.2) is 60.7 Å². The van der Waals surface area contributed by atoms with Crippen LogP contribution in [0.4, 0.5) is 0 Å². The van der Waals surface area contributed by atoms with E-state index in [1.807, 2.05) is 0 Å². The lowest BCUT2D eigenvalue weighted by Gasteiger charge is -2.27. The Balaban J connectivity index is 1.80. The van der Waals surface area contributed by atoms with Gasteiger partial charge in [0.1, 0.15) is 0 Å². The second-order valence-corrected chi connectivity index (χ2v) is 8.85. The average molecular weight is 394 g/mol. The van der Waals surface area contributed by atoms with Crippen molar-refractivity contribution >= 4 is 0 Å². The van der Waals surface area contributed by atoms with Crippen LogP contribution < -0.4 is 5.73 Å². The largest absolute Gasteiger partial charge is 0.327 e. The standard InChI is InChI=1S/C28H43N/c1-3-4-5-6-7-8-9-10-17-22-28(29)27(26-20-15-12-16-21-26)23-24(2)25-18-13-11-14-19-25/h11-16,18-21,24,27-28H,3-10,17,22-23,29H2,1-2H3. The summed E-state index contributed by atoms with van der Waals surface area (Å²) >= 11 is 0. The van der Waals surface area contributed by atoms with E-state index in [-0.39, 0.29) is 6.04 Å². The van der Waals surface area contributed by atoms with Crippen LogP contribution >= 0.6 is 0 Å². The summed E-state index contributed by atoms with van der Waals surface area (Å²) < 4.78 is 0. The first-order chi connectivity index (χ1) is 14.2. The molecule has 1 nitrogen and oxygen atoms in total. The summed E-state index contributed by atoms with van der Waals surface area (Å²) in [7, 11) is 0. The number of unbranched alkanes of at least 4 members (excludes halogenated alkanes) is 8. The highest BCUT2D eigenvalue weighted by molar-refractivity contribution is 5.24. The SMILES string of the molecule is CCCCCCCCCCCC(N)C(CC(C)c1ccccc1)c1ccccc1. The zero-order chi connectivity index (χ0) is 20.7. The average Bonchev–Trinajstić information content (AvgIpc) is 2.77. The van der Waals surface area contributed by atoms with E-state index in [2.05, 4.69) is 74.5 Å². The third-order valence-electron chi connectivity index (χ3n) is 6.36. The molecule has 0 fully saturated rings. The van der Waals surface area contributed by atoms with Crippen molar-refractivity contribution in [3.8, 4) is 0 Å². The number of benzene rings is 2. The molecule has 0 aliphatic heterocycles. The third-order valence-corrected chi connectivity index (χ3v) is 6.36. The Kier molecular flexibility index (Phi) is 11.8. The van der Waals surface area contributed by atoms with Crippen LogP contribution in [0.1, 0.15) is 107 Å². The monoisotopic (exact) mass is 393 g/mol. The summed E-state index contributed by atoms with van der Waals surface area (Å²) in [6.07, 6.45) is 14.6. The molecular formula is C28H43N. The Morgan fingerprint density at radius 3 is 1.69 bits per heavy atom. The van der Waals surface area contributed by atoms with Crippen LogP contribution in [-0.2, 0) is 0 Å². The molecule has 0 radical (unpaired) electrons. The zero-order valence-electron chi connectivity index (χ0n) is 18.9. The van der Waals surface area contributed by atoms with Gasteiger partial charge in [0.05, 0.1) is 0 Å². The molecule has 3 atom stereocenters. The molecule has 0 saturated carbocycles. The van der Waals surface area contributed by atoms with E-state index >= 15 is 0 Å². The second-order valence-electron chi connectivity index (χ2n) is 8.85. The Morgan fingerprint density at radius 2 is 1.14 bits per heavy atom. The van der Waals surface area contributed by atoms with E-state index < -0.39 is 0 Å². The fraction of sp³-hybridized carbons (Fsp3) is 0.571. The van der Waals surface area contributed by atoms with Crippen molar-refractivity contribution < 1.29 is 0 Å². The van der Waals surface area contributed by atoms with Crippen molar-refractivity contribution in [3.63, 3.8) is 0 Å². The van der Waals surface area contributed by atoms with Crippen LogP contribution in [0.25, 0.3) is 0 Å². The third kappa shape index (κ3) is 9.17. The van der Waals surface area contributed by atoms with Gasteiger partial charge in [-0.2, -0.15) is 0 Å². The summed E-state index contributed by atoms with van der Waals surface area (Å²) in [5, 5.41) is 0. The molecule has 0 spiro atoms. The first-order valence-electron chi connectivity index (χ1n) is 12.1. The normalized spacial score (nSPS) is 14.4. The lowest BCUT2D eigenvalue weighted by atomic mass is 9.80. The van der Waals surface area contributed by atoms with Crippen LogP contribution in [0.2, 0.25) is 0 Å². The highest BCUT2D eigenvalue weighted by Crippen LogP contribution is 2.33. The molecular weight excluding hydrogens is 350 g/mol. The van der Waals surface area contributed by atoms with Crippen LogP contribution in [0.5, 0.6) is 0 Å². The molecule has 2 N–H and O–H groups in total. The predicted molar refractivity (Wildman–Crippen MR) is 128 cm³/mol. The van der Waals surface area contributed by atoms with Crippen molar-refractivity contribution in [2.75, 3.05) is 0 Å². The van der Waals surface area contributed by atoms with Gasteiger partial charge >= 0.3 is 0 Å². The molecule has 2 aromatic carbocycles. The summed E-state index contributed by atoms with van der Waals surface area (Å²) in [4.78, 5) is 0. The van der Waals surface area contributed by atoms with Gasteiger partial charge in [-0.05, 0) is 35.8 Å². The minimum Gasteiger partial charge on any atom is -0.327 e. The second kappa shape index (κ2) is 14.4. The van der Waals surface area contributed by atoms with Gasteiger partial charge in [-0.25, -0.2) is 0 Å². The van der Waals surface area contributed by atoms with Crippen molar-refractivity contribution in [2.24, 2.45) is 5.73 Å². The van der Waals surface area contributed by atoms with Crippen LogP contribution in [0.3, 0.4) is 0 Å². The van der Waals surface area contributed by atoms with E-state index in [0.29, 0.717) is 11.8 Å². The molecule has 3 unspecified atom stereocenters. The molecule has 0 amide bonds. The molecule has 0 heterocycles. The fourth-order valence-electron chi connectivity index (χ4n) is 4.45. The maximum Gasteiger partial charge on any atom is 0.0108 e. The Hall–Kier alpha value is -1.60. The van der Waals surface area contributed by atoms with Crippen molar-refractivity contribution in [1.29, 1.82) is 0 Å². The molecule has 0 saturated heterocycles. The maximum absolute atomic E-state index is 6.77. The fourth-order valence-corrected chi connectivity index (χ4v) is 4.45. The maximum atomic E-state index is 6.77. The molecule has 1 heteroatoms. The van der Waals surface area contributed by atoms with Gasteiger partial charge in [-0.1, -0.05) is 132 Å².